The van der Waals surface area contributed by atoms with Crippen LogP contribution in [0, 0.1) is 6.92 Å². The molecule has 0 atom stereocenters. The van der Waals surface area contributed by atoms with E-state index in [0.717, 1.165) is 0 Å². The number of anilines is 1. The standard InChI is InChI=1S/C24H25N5O5S/c1-4-35(31,32)28-19-10-6-5-9-18(19)24-27-20(16(2)34-24)14-25-23(30)17-13-26-29(15-17)21-11-7-8-12-22(21)33-3/h5-13,15,28H,4,14H2,1-3H3,(H,25,30). The number of nitrogens with zero attached hydrogens (tertiary/aromatic N) is 3. The van der Waals surface area contributed by atoms with Crippen LogP contribution in [0.25, 0.3) is 17.1 Å². The van der Waals surface area contributed by atoms with E-state index in [0.29, 0.717) is 39.7 Å². The molecule has 0 fully saturated rings. The van der Waals surface area contributed by atoms with Gasteiger partial charge < -0.3 is 14.5 Å². The highest BCUT2D eigenvalue weighted by Crippen LogP contribution is 2.29. The van der Waals surface area contributed by atoms with Crippen LogP contribution in [0.3, 0.4) is 0 Å². The van der Waals surface area contributed by atoms with Gasteiger partial charge in [-0.05, 0) is 38.1 Å². The molecule has 1 amide bonds. The van der Waals surface area contributed by atoms with Crippen LogP contribution in [0.1, 0.15) is 28.7 Å². The third kappa shape index (κ3) is 5.35. The fraction of sp³-hybridized carbons (Fsp3) is 0.208. The van der Waals surface area contributed by atoms with Crippen LogP contribution >= 0.6 is 0 Å². The first-order valence-electron chi connectivity index (χ1n) is 10.8. The van der Waals surface area contributed by atoms with Gasteiger partial charge in [0.05, 0.1) is 42.4 Å². The number of benzene rings is 2. The van der Waals surface area contributed by atoms with Crippen LogP contribution in [0.5, 0.6) is 5.75 Å². The SMILES string of the molecule is CCS(=O)(=O)Nc1ccccc1-c1nc(CNC(=O)c2cnn(-c3ccccc3OC)c2)c(C)o1. The summed E-state index contributed by atoms with van der Waals surface area (Å²) in [7, 11) is -1.90. The summed E-state index contributed by atoms with van der Waals surface area (Å²) < 4.78 is 39.3. The van der Waals surface area contributed by atoms with Gasteiger partial charge in [0.15, 0.2) is 0 Å². The number of oxazole rings is 1. The maximum atomic E-state index is 12.7. The van der Waals surface area contributed by atoms with Crippen molar-refractivity contribution < 1.29 is 22.4 Å². The maximum Gasteiger partial charge on any atom is 0.254 e. The molecule has 11 heteroatoms. The van der Waals surface area contributed by atoms with Crippen molar-refractivity contribution in [3.8, 4) is 22.9 Å². The number of hydrogen-bond acceptors (Lipinski definition) is 7. The zero-order valence-electron chi connectivity index (χ0n) is 19.5. The average Bonchev–Trinajstić information content (AvgIpc) is 3.50. The van der Waals surface area contributed by atoms with E-state index < -0.39 is 10.0 Å². The molecule has 0 spiro atoms. The van der Waals surface area contributed by atoms with Crippen molar-refractivity contribution >= 4 is 21.6 Å². The zero-order valence-corrected chi connectivity index (χ0v) is 20.3. The normalized spacial score (nSPS) is 11.3. The molecule has 2 N–H and O–H groups in total. The quantitative estimate of drug-likeness (QED) is 0.363. The molecular weight excluding hydrogens is 470 g/mol. The Kier molecular flexibility index (Phi) is 6.87. The number of carbonyl (C=O) groups excluding carboxylic acids is 1. The Bertz CT molecular complexity index is 1460. The van der Waals surface area contributed by atoms with Crippen molar-refractivity contribution in [1.29, 1.82) is 0 Å². The first-order valence-corrected chi connectivity index (χ1v) is 12.5. The number of rotatable bonds is 9. The van der Waals surface area contributed by atoms with Gasteiger partial charge in [0, 0.05) is 6.20 Å². The van der Waals surface area contributed by atoms with Crippen molar-refractivity contribution in [2.75, 3.05) is 17.6 Å². The Morgan fingerprint density at radius 1 is 1.14 bits per heavy atom. The maximum absolute atomic E-state index is 12.7. The molecule has 0 unspecified atom stereocenters. The number of carbonyl (C=O) groups is 1. The highest BCUT2D eigenvalue weighted by molar-refractivity contribution is 7.92. The number of nitrogens with one attached hydrogen (secondary N) is 2. The zero-order chi connectivity index (χ0) is 25.0. The molecule has 0 radical (unpaired) electrons. The van der Waals surface area contributed by atoms with Crippen molar-refractivity contribution in [3.05, 3.63) is 77.9 Å². The third-order valence-electron chi connectivity index (χ3n) is 5.29. The lowest BCUT2D eigenvalue weighted by Crippen LogP contribution is -2.23. The Balaban J connectivity index is 1.49. The van der Waals surface area contributed by atoms with Crippen LogP contribution in [0.4, 0.5) is 5.69 Å². The van der Waals surface area contributed by atoms with Gasteiger partial charge in [0.25, 0.3) is 5.91 Å². The number of aryl methyl sites for hydroxylation is 1. The number of aromatic nitrogens is 3. The Labute approximate surface area is 203 Å². The lowest BCUT2D eigenvalue weighted by Gasteiger charge is -2.09. The minimum Gasteiger partial charge on any atom is -0.494 e. The fourth-order valence-corrected chi connectivity index (χ4v) is 4.02. The second kappa shape index (κ2) is 10.0. The van der Waals surface area contributed by atoms with Gasteiger partial charge in [-0.3, -0.25) is 9.52 Å². The lowest BCUT2D eigenvalue weighted by atomic mass is 10.2. The molecule has 0 bridgehead atoms. The van der Waals surface area contributed by atoms with Gasteiger partial charge >= 0.3 is 0 Å². The predicted molar refractivity (Wildman–Crippen MR) is 131 cm³/mol. The lowest BCUT2D eigenvalue weighted by molar-refractivity contribution is 0.0950. The first kappa shape index (κ1) is 24.0. The average molecular weight is 496 g/mol. The van der Waals surface area contributed by atoms with Crippen LogP contribution in [-0.2, 0) is 16.6 Å². The summed E-state index contributed by atoms with van der Waals surface area (Å²) in [5.41, 5.74) is 2.48. The Morgan fingerprint density at radius 3 is 2.66 bits per heavy atom. The van der Waals surface area contributed by atoms with Gasteiger partial charge in [0.2, 0.25) is 15.9 Å². The molecule has 4 rings (SSSR count). The summed E-state index contributed by atoms with van der Waals surface area (Å²) in [4.78, 5) is 17.2. The molecule has 2 heterocycles. The Hall–Kier alpha value is -4.12. The van der Waals surface area contributed by atoms with Crippen molar-refractivity contribution in [2.24, 2.45) is 0 Å². The van der Waals surface area contributed by atoms with Gasteiger partial charge in [-0.15, -0.1) is 0 Å². The van der Waals surface area contributed by atoms with Gasteiger partial charge in [-0.25, -0.2) is 18.1 Å². The number of hydrogen-bond donors (Lipinski definition) is 2. The molecule has 10 nitrogen and oxygen atoms in total. The predicted octanol–water partition coefficient (Wildman–Crippen LogP) is 3.54. The molecule has 2 aromatic heterocycles. The van der Waals surface area contributed by atoms with Crippen LogP contribution in [0.15, 0.2) is 65.3 Å². The van der Waals surface area contributed by atoms with Crippen LogP contribution < -0.4 is 14.8 Å². The summed E-state index contributed by atoms with van der Waals surface area (Å²) in [6.45, 7) is 3.41. The van der Waals surface area contributed by atoms with Gasteiger partial charge in [-0.1, -0.05) is 24.3 Å². The van der Waals surface area contributed by atoms with E-state index in [1.807, 2.05) is 24.3 Å². The summed E-state index contributed by atoms with van der Waals surface area (Å²) >= 11 is 0. The molecule has 2 aromatic carbocycles. The number of sulfonamides is 1. The summed E-state index contributed by atoms with van der Waals surface area (Å²) in [6.07, 6.45) is 3.09. The first-order chi connectivity index (χ1) is 16.8. The largest absolute Gasteiger partial charge is 0.494 e. The van der Waals surface area contributed by atoms with E-state index >= 15 is 0 Å². The number of para-hydroxylation sites is 3. The minimum atomic E-state index is -3.47. The number of methoxy groups -OCH3 is 1. The molecule has 0 saturated heterocycles. The van der Waals surface area contributed by atoms with E-state index in [1.165, 1.54) is 6.20 Å². The van der Waals surface area contributed by atoms with E-state index in [-0.39, 0.29) is 24.1 Å². The monoisotopic (exact) mass is 495 g/mol. The Morgan fingerprint density at radius 2 is 1.89 bits per heavy atom. The second-order valence-corrected chi connectivity index (χ2v) is 9.61. The van der Waals surface area contributed by atoms with E-state index in [1.54, 1.807) is 56.1 Å². The summed E-state index contributed by atoms with van der Waals surface area (Å²) in [5.74, 6) is 1.01. The smallest absolute Gasteiger partial charge is 0.254 e. The molecule has 0 aliphatic heterocycles. The number of ether oxygens (including phenoxy) is 1. The molecule has 0 aliphatic rings. The highest BCUT2D eigenvalue weighted by atomic mass is 32.2. The summed E-state index contributed by atoms with van der Waals surface area (Å²) in [6, 6.07) is 14.2. The van der Waals surface area contributed by atoms with Crippen molar-refractivity contribution in [3.63, 3.8) is 0 Å². The van der Waals surface area contributed by atoms with E-state index in [9.17, 15) is 13.2 Å². The molecule has 4 aromatic rings. The topological polar surface area (TPSA) is 128 Å². The minimum absolute atomic E-state index is 0.0587. The molecule has 182 valence electrons. The highest BCUT2D eigenvalue weighted by Gasteiger charge is 2.18. The third-order valence-corrected chi connectivity index (χ3v) is 6.58. The fourth-order valence-electron chi connectivity index (χ4n) is 3.36. The molecule has 0 saturated carbocycles. The summed E-state index contributed by atoms with van der Waals surface area (Å²) in [5, 5.41) is 7.08. The molecular formula is C24H25N5O5S. The molecule has 0 aliphatic carbocycles. The van der Waals surface area contributed by atoms with Crippen LogP contribution in [0.2, 0.25) is 0 Å². The van der Waals surface area contributed by atoms with Crippen LogP contribution in [-0.4, -0.2) is 42.0 Å². The number of amides is 1. The van der Waals surface area contributed by atoms with E-state index in [4.69, 9.17) is 9.15 Å². The second-order valence-electron chi connectivity index (χ2n) is 7.60. The molecule has 35 heavy (non-hydrogen) atoms. The van der Waals surface area contributed by atoms with Crippen molar-refractivity contribution in [2.45, 2.75) is 20.4 Å². The van der Waals surface area contributed by atoms with Gasteiger partial charge in [0.1, 0.15) is 22.9 Å². The van der Waals surface area contributed by atoms with E-state index in [2.05, 4.69) is 20.1 Å². The van der Waals surface area contributed by atoms with Gasteiger partial charge in [-0.2, -0.15) is 5.10 Å². The van der Waals surface area contributed by atoms with Crippen molar-refractivity contribution in [1.82, 2.24) is 20.1 Å².